The predicted octanol–water partition coefficient (Wildman–Crippen LogP) is 3.30. The number of amides is 2. The molecule has 4 rings (SSSR count). The molecule has 0 aliphatic carbocycles. The molecule has 166 valence electrons. The highest BCUT2D eigenvalue weighted by atomic mass is 16.3. The minimum absolute atomic E-state index is 0.312. The second-order valence-electron chi connectivity index (χ2n) is 7.57. The van der Waals surface area contributed by atoms with E-state index in [0.29, 0.717) is 30.1 Å². The van der Waals surface area contributed by atoms with Crippen molar-refractivity contribution in [3.8, 4) is 0 Å². The van der Waals surface area contributed by atoms with Crippen molar-refractivity contribution in [2.45, 2.75) is 6.10 Å². The summed E-state index contributed by atoms with van der Waals surface area (Å²) >= 11 is 0. The number of nitrogens with one attached hydrogen (secondary N) is 2. The number of hydrogen-bond donors (Lipinski definition) is 4. The van der Waals surface area contributed by atoms with Gasteiger partial charge in [0.1, 0.15) is 11.8 Å². The second-order valence-corrected chi connectivity index (χ2v) is 7.57. The van der Waals surface area contributed by atoms with Crippen molar-refractivity contribution in [1.29, 1.82) is 0 Å². The summed E-state index contributed by atoms with van der Waals surface area (Å²) in [7, 11) is 0. The summed E-state index contributed by atoms with van der Waals surface area (Å²) in [6.07, 6.45) is 1.11. The van der Waals surface area contributed by atoms with Crippen molar-refractivity contribution >= 4 is 28.9 Å². The van der Waals surface area contributed by atoms with Gasteiger partial charge in [0.05, 0.1) is 6.54 Å². The Morgan fingerprint density at radius 2 is 1.76 bits per heavy atom. The van der Waals surface area contributed by atoms with E-state index in [0.717, 1.165) is 22.4 Å². The molecule has 3 aromatic rings. The van der Waals surface area contributed by atoms with Gasteiger partial charge in [0.15, 0.2) is 0 Å². The molecule has 1 aliphatic rings. The molecule has 7 heteroatoms. The molecule has 1 heterocycles. The molecule has 0 radical (unpaired) electrons. The third-order valence-electron chi connectivity index (χ3n) is 5.35. The van der Waals surface area contributed by atoms with E-state index >= 15 is 0 Å². The molecule has 0 fully saturated rings. The maximum absolute atomic E-state index is 12.8. The van der Waals surface area contributed by atoms with E-state index in [1.54, 1.807) is 18.2 Å². The summed E-state index contributed by atoms with van der Waals surface area (Å²) in [6.45, 7) is 0.779. The van der Waals surface area contributed by atoms with Crippen molar-refractivity contribution < 1.29 is 14.7 Å². The van der Waals surface area contributed by atoms with Crippen molar-refractivity contribution in [2.24, 2.45) is 10.7 Å². The predicted molar refractivity (Wildman–Crippen MR) is 129 cm³/mol. The lowest BCUT2D eigenvalue weighted by atomic mass is 9.99. The van der Waals surface area contributed by atoms with Gasteiger partial charge in [-0.2, -0.15) is 0 Å². The molecule has 1 unspecified atom stereocenters. The maximum atomic E-state index is 12.8. The van der Waals surface area contributed by atoms with Crippen molar-refractivity contribution in [3.63, 3.8) is 0 Å². The molecule has 2 amide bonds. The monoisotopic (exact) mass is 440 g/mol. The standard InChI is InChI=1S/C26H24N4O3/c27-25(32)18-9-6-10-20(15-18)30-26(33)23-19(13-14-28-23)16-29-22-12-5-4-11-21(22)24(31)17-7-2-1-3-8-17/h1-13,15,24,29,31H,14,16H2,(H2,27,32)(H,30,33). The molecule has 0 aromatic heterocycles. The SMILES string of the molecule is NC(=O)c1cccc(NC(=O)C2=NCC=C2CNc2ccccc2C(O)c2ccccc2)c1. The number of anilines is 2. The van der Waals surface area contributed by atoms with Crippen LogP contribution in [0.5, 0.6) is 0 Å². The summed E-state index contributed by atoms with van der Waals surface area (Å²) in [5.41, 5.74) is 9.49. The van der Waals surface area contributed by atoms with Crippen molar-refractivity contribution in [2.75, 3.05) is 23.7 Å². The zero-order valence-corrected chi connectivity index (χ0v) is 17.9. The summed E-state index contributed by atoms with van der Waals surface area (Å²) in [4.78, 5) is 28.5. The van der Waals surface area contributed by atoms with E-state index in [9.17, 15) is 14.7 Å². The number of aliphatic hydroxyl groups is 1. The second kappa shape index (κ2) is 9.93. The lowest BCUT2D eigenvalue weighted by molar-refractivity contribution is -0.110. The number of hydrogen-bond acceptors (Lipinski definition) is 5. The van der Waals surface area contributed by atoms with Crippen LogP contribution in [-0.4, -0.2) is 35.7 Å². The molecule has 0 saturated carbocycles. The number of nitrogens with two attached hydrogens (primary N) is 1. The summed E-state index contributed by atoms with van der Waals surface area (Å²) in [5, 5.41) is 17.0. The smallest absolute Gasteiger partial charge is 0.274 e. The maximum Gasteiger partial charge on any atom is 0.274 e. The quantitative estimate of drug-likeness (QED) is 0.430. The number of benzene rings is 3. The number of primary amides is 1. The molecule has 7 nitrogen and oxygen atoms in total. The number of rotatable bonds is 8. The van der Waals surface area contributed by atoms with E-state index in [2.05, 4.69) is 15.6 Å². The normalized spacial score (nSPS) is 13.6. The lowest BCUT2D eigenvalue weighted by Gasteiger charge is -2.18. The van der Waals surface area contributed by atoms with Crippen LogP contribution < -0.4 is 16.4 Å². The zero-order chi connectivity index (χ0) is 23.2. The van der Waals surface area contributed by atoms with Gasteiger partial charge in [-0.1, -0.05) is 60.7 Å². The zero-order valence-electron chi connectivity index (χ0n) is 17.9. The summed E-state index contributed by atoms with van der Waals surface area (Å²) in [6, 6.07) is 23.4. The Balaban J connectivity index is 1.44. The first-order chi connectivity index (χ1) is 16.0. The molecule has 1 atom stereocenters. The average Bonchev–Trinajstić information content (AvgIpc) is 3.32. The van der Waals surface area contributed by atoms with E-state index in [-0.39, 0.29) is 5.91 Å². The first kappa shape index (κ1) is 22.0. The first-order valence-corrected chi connectivity index (χ1v) is 10.5. The van der Waals surface area contributed by atoms with Gasteiger partial charge in [-0.25, -0.2) is 0 Å². The molecule has 0 saturated heterocycles. The number of aliphatic hydroxyl groups excluding tert-OH is 1. The molecule has 1 aliphatic heterocycles. The molecular formula is C26H24N4O3. The Morgan fingerprint density at radius 3 is 2.55 bits per heavy atom. The lowest BCUT2D eigenvalue weighted by Crippen LogP contribution is -2.26. The molecule has 3 aromatic carbocycles. The summed E-state index contributed by atoms with van der Waals surface area (Å²) in [5.74, 6) is -0.926. The minimum Gasteiger partial charge on any atom is -0.384 e. The van der Waals surface area contributed by atoms with E-state index < -0.39 is 12.0 Å². The van der Waals surface area contributed by atoms with Gasteiger partial charge in [-0.3, -0.25) is 14.6 Å². The highest BCUT2D eigenvalue weighted by molar-refractivity contribution is 6.49. The Kier molecular flexibility index (Phi) is 6.61. The van der Waals surface area contributed by atoms with Gasteiger partial charge >= 0.3 is 0 Å². The van der Waals surface area contributed by atoms with Crippen LogP contribution in [0.2, 0.25) is 0 Å². The van der Waals surface area contributed by atoms with Crippen LogP contribution in [0.4, 0.5) is 11.4 Å². The topological polar surface area (TPSA) is 117 Å². The minimum atomic E-state index is -0.776. The van der Waals surface area contributed by atoms with Crippen molar-refractivity contribution in [3.05, 3.63) is 107 Å². The Bertz CT molecular complexity index is 1240. The number of carbonyl (C=O) groups excluding carboxylic acids is 2. The third kappa shape index (κ3) is 5.16. The highest BCUT2D eigenvalue weighted by Gasteiger charge is 2.21. The van der Waals surface area contributed by atoms with Crippen LogP contribution in [0, 0.1) is 0 Å². The number of nitrogens with zero attached hydrogens (tertiary/aromatic N) is 1. The van der Waals surface area contributed by atoms with E-state index in [4.69, 9.17) is 5.73 Å². The van der Waals surface area contributed by atoms with Crippen LogP contribution in [0.3, 0.4) is 0 Å². The molecule has 5 N–H and O–H groups in total. The fraction of sp³-hybridized carbons (Fsp3) is 0.115. The van der Waals surface area contributed by atoms with Gasteiger partial charge < -0.3 is 21.5 Å². The molecule has 0 bridgehead atoms. The van der Waals surface area contributed by atoms with Crippen LogP contribution in [0.25, 0.3) is 0 Å². The Morgan fingerprint density at radius 1 is 1.00 bits per heavy atom. The fourth-order valence-corrected chi connectivity index (χ4v) is 3.66. The van der Waals surface area contributed by atoms with Gasteiger partial charge in [-0.05, 0) is 35.4 Å². The number of carbonyl (C=O) groups is 2. The van der Waals surface area contributed by atoms with Crippen molar-refractivity contribution in [1.82, 2.24) is 0 Å². The van der Waals surface area contributed by atoms with Crippen LogP contribution in [0.15, 0.2) is 95.5 Å². The molecular weight excluding hydrogens is 416 g/mol. The Hall–Kier alpha value is -4.23. The third-order valence-corrected chi connectivity index (χ3v) is 5.35. The van der Waals surface area contributed by atoms with Gasteiger partial charge in [0.2, 0.25) is 5.91 Å². The molecule has 0 spiro atoms. The van der Waals surface area contributed by atoms with E-state index in [1.165, 1.54) is 6.07 Å². The van der Waals surface area contributed by atoms with E-state index in [1.807, 2.05) is 60.7 Å². The highest BCUT2D eigenvalue weighted by Crippen LogP contribution is 2.28. The summed E-state index contributed by atoms with van der Waals surface area (Å²) < 4.78 is 0. The largest absolute Gasteiger partial charge is 0.384 e. The first-order valence-electron chi connectivity index (χ1n) is 10.5. The van der Waals surface area contributed by atoms with Gasteiger partial charge in [0, 0.05) is 29.0 Å². The van der Waals surface area contributed by atoms with Gasteiger partial charge in [0.25, 0.3) is 5.91 Å². The number of aliphatic imine (C=N–C) groups is 1. The van der Waals surface area contributed by atoms with Crippen LogP contribution in [0.1, 0.15) is 27.6 Å². The van der Waals surface area contributed by atoms with Crippen LogP contribution >= 0.6 is 0 Å². The van der Waals surface area contributed by atoms with Gasteiger partial charge in [-0.15, -0.1) is 0 Å². The van der Waals surface area contributed by atoms with Crippen LogP contribution in [-0.2, 0) is 4.79 Å². The molecule has 33 heavy (non-hydrogen) atoms. The fourth-order valence-electron chi connectivity index (χ4n) is 3.66. The average molecular weight is 441 g/mol. The Labute approximate surface area is 191 Å². The number of para-hydroxylation sites is 1.